The third-order valence-electron chi connectivity index (χ3n) is 3.18. The van der Waals surface area contributed by atoms with Crippen LogP contribution in [0.3, 0.4) is 0 Å². The zero-order valence-electron chi connectivity index (χ0n) is 10.8. The number of rotatable bonds is 4. The molecule has 1 aliphatic heterocycles. The Labute approximate surface area is 119 Å². The second kappa shape index (κ2) is 7.33. The number of halogens is 1. The van der Waals surface area contributed by atoms with Gasteiger partial charge in [-0.2, -0.15) is 0 Å². The minimum Gasteiger partial charge on any atom is -0.497 e. The Hall–Kier alpha value is -1.30. The topological polar surface area (TPSA) is 61.8 Å². The van der Waals surface area contributed by atoms with Crippen molar-refractivity contribution in [3.63, 3.8) is 0 Å². The molecule has 0 bridgehead atoms. The van der Waals surface area contributed by atoms with Crippen molar-refractivity contribution in [2.75, 3.05) is 26.7 Å². The molecule has 2 N–H and O–H groups in total. The summed E-state index contributed by atoms with van der Waals surface area (Å²) < 4.78 is 5.10. The Morgan fingerprint density at radius 3 is 2.74 bits per heavy atom. The first-order chi connectivity index (χ1) is 8.70. The minimum absolute atomic E-state index is 0. The maximum atomic E-state index is 11.2. The normalized spacial score (nSPS) is 19.5. The highest BCUT2D eigenvalue weighted by atomic mass is 35.5. The van der Waals surface area contributed by atoms with Crippen LogP contribution in [0.25, 0.3) is 0 Å². The molecule has 1 heterocycles. The van der Waals surface area contributed by atoms with Gasteiger partial charge in [0.2, 0.25) is 0 Å². The van der Waals surface area contributed by atoms with E-state index in [1.807, 2.05) is 29.2 Å². The molecule has 2 rings (SSSR count). The van der Waals surface area contributed by atoms with E-state index in [1.165, 1.54) is 0 Å². The van der Waals surface area contributed by atoms with Crippen LogP contribution >= 0.6 is 12.4 Å². The van der Waals surface area contributed by atoms with Crippen molar-refractivity contribution in [2.45, 2.75) is 12.6 Å². The average Bonchev–Trinajstić information content (AvgIpc) is 2.40. The fourth-order valence-corrected chi connectivity index (χ4v) is 2.14. The molecule has 0 aliphatic carbocycles. The van der Waals surface area contributed by atoms with Crippen molar-refractivity contribution in [2.24, 2.45) is 0 Å². The van der Waals surface area contributed by atoms with Crippen molar-refractivity contribution < 1.29 is 14.6 Å². The Morgan fingerprint density at radius 2 is 2.16 bits per heavy atom. The molecule has 0 amide bonds. The van der Waals surface area contributed by atoms with E-state index in [0.717, 1.165) is 24.4 Å². The van der Waals surface area contributed by atoms with E-state index in [-0.39, 0.29) is 12.4 Å². The van der Waals surface area contributed by atoms with Crippen LogP contribution in [0, 0.1) is 0 Å². The fraction of sp³-hybridized carbons (Fsp3) is 0.462. The van der Waals surface area contributed by atoms with E-state index >= 15 is 0 Å². The van der Waals surface area contributed by atoms with Crippen LogP contribution in [-0.4, -0.2) is 48.8 Å². The molecule has 19 heavy (non-hydrogen) atoms. The summed E-state index contributed by atoms with van der Waals surface area (Å²) in [5.41, 5.74) is 1.10. The first-order valence-corrected chi connectivity index (χ1v) is 6.01. The monoisotopic (exact) mass is 286 g/mol. The van der Waals surface area contributed by atoms with Gasteiger partial charge in [-0.25, -0.2) is 0 Å². The zero-order valence-corrected chi connectivity index (χ0v) is 11.7. The number of ether oxygens (including phenoxy) is 1. The van der Waals surface area contributed by atoms with Crippen LogP contribution in [0.15, 0.2) is 24.3 Å². The predicted octanol–water partition coefficient (Wildman–Crippen LogP) is 0.975. The SMILES string of the molecule is COc1ccc(CN2CCNCC2C(=O)O)cc1.Cl. The Kier molecular flexibility index (Phi) is 6.08. The molecule has 5 nitrogen and oxygen atoms in total. The molecule has 106 valence electrons. The number of nitrogens with zero attached hydrogens (tertiary/aromatic N) is 1. The first kappa shape index (κ1) is 15.8. The van der Waals surface area contributed by atoms with Gasteiger partial charge in [0.05, 0.1) is 7.11 Å². The third kappa shape index (κ3) is 4.09. The van der Waals surface area contributed by atoms with Gasteiger partial charge >= 0.3 is 5.97 Å². The van der Waals surface area contributed by atoms with Crippen molar-refractivity contribution >= 4 is 18.4 Å². The van der Waals surface area contributed by atoms with Gasteiger partial charge < -0.3 is 15.2 Å². The summed E-state index contributed by atoms with van der Waals surface area (Å²) in [5.74, 6) is 0.0459. The Morgan fingerprint density at radius 1 is 1.47 bits per heavy atom. The third-order valence-corrected chi connectivity index (χ3v) is 3.18. The quantitative estimate of drug-likeness (QED) is 0.864. The van der Waals surface area contributed by atoms with E-state index in [2.05, 4.69) is 5.32 Å². The van der Waals surface area contributed by atoms with Gasteiger partial charge in [-0.1, -0.05) is 12.1 Å². The number of hydrogen-bond donors (Lipinski definition) is 2. The number of benzene rings is 1. The van der Waals surface area contributed by atoms with Crippen LogP contribution in [0.4, 0.5) is 0 Å². The molecule has 0 radical (unpaired) electrons. The number of carbonyl (C=O) groups is 1. The molecule has 6 heteroatoms. The number of methoxy groups -OCH3 is 1. The number of carboxylic acids is 1. The maximum absolute atomic E-state index is 11.2. The van der Waals surface area contributed by atoms with Crippen LogP contribution in [-0.2, 0) is 11.3 Å². The van der Waals surface area contributed by atoms with Crippen molar-refractivity contribution in [3.05, 3.63) is 29.8 Å². The average molecular weight is 287 g/mol. The smallest absolute Gasteiger partial charge is 0.322 e. The second-order valence-corrected chi connectivity index (χ2v) is 4.38. The first-order valence-electron chi connectivity index (χ1n) is 6.01. The summed E-state index contributed by atoms with van der Waals surface area (Å²) >= 11 is 0. The molecule has 1 saturated heterocycles. The Bertz CT molecular complexity index is 411. The molecule has 1 unspecified atom stereocenters. The molecular weight excluding hydrogens is 268 g/mol. The molecule has 1 aromatic carbocycles. The predicted molar refractivity (Wildman–Crippen MR) is 74.9 cm³/mol. The van der Waals surface area contributed by atoms with Crippen molar-refractivity contribution in [3.8, 4) is 5.75 Å². The van der Waals surface area contributed by atoms with Gasteiger partial charge in [0, 0.05) is 26.2 Å². The van der Waals surface area contributed by atoms with E-state index in [4.69, 9.17) is 9.84 Å². The standard InChI is InChI=1S/C13H18N2O3.ClH/c1-18-11-4-2-10(3-5-11)9-15-7-6-14-8-12(15)13(16)17;/h2-5,12,14H,6-9H2,1H3,(H,16,17);1H. The van der Waals surface area contributed by atoms with Crippen molar-refractivity contribution in [1.29, 1.82) is 0 Å². The molecule has 1 aliphatic rings. The molecule has 0 spiro atoms. The lowest BCUT2D eigenvalue weighted by molar-refractivity contribution is -0.144. The largest absolute Gasteiger partial charge is 0.497 e. The number of piperazine rings is 1. The summed E-state index contributed by atoms with van der Waals surface area (Å²) in [7, 11) is 1.63. The lowest BCUT2D eigenvalue weighted by Gasteiger charge is -2.33. The number of aliphatic carboxylic acids is 1. The lowest BCUT2D eigenvalue weighted by Crippen LogP contribution is -2.54. The molecule has 1 aromatic rings. The van der Waals surface area contributed by atoms with Crippen LogP contribution in [0.5, 0.6) is 5.75 Å². The summed E-state index contributed by atoms with van der Waals surface area (Å²) in [6.07, 6.45) is 0. The second-order valence-electron chi connectivity index (χ2n) is 4.38. The molecule has 0 saturated carbocycles. The summed E-state index contributed by atoms with van der Waals surface area (Å²) in [5, 5.41) is 12.3. The highest BCUT2D eigenvalue weighted by molar-refractivity contribution is 5.85. The maximum Gasteiger partial charge on any atom is 0.322 e. The van der Waals surface area contributed by atoms with Gasteiger partial charge in [-0.05, 0) is 17.7 Å². The molecule has 0 aromatic heterocycles. The summed E-state index contributed by atoms with van der Waals surface area (Å²) in [6, 6.07) is 7.29. The summed E-state index contributed by atoms with van der Waals surface area (Å²) in [4.78, 5) is 13.1. The summed E-state index contributed by atoms with van der Waals surface area (Å²) in [6.45, 7) is 2.75. The highest BCUT2D eigenvalue weighted by Gasteiger charge is 2.27. The van der Waals surface area contributed by atoms with Gasteiger partial charge in [0.15, 0.2) is 0 Å². The van der Waals surface area contributed by atoms with Gasteiger partial charge in [0.25, 0.3) is 0 Å². The Balaban J connectivity index is 0.00000180. The molecular formula is C13H19ClN2O3. The number of hydrogen-bond acceptors (Lipinski definition) is 4. The van der Waals surface area contributed by atoms with Crippen LogP contribution in [0.2, 0.25) is 0 Å². The van der Waals surface area contributed by atoms with Crippen LogP contribution in [0.1, 0.15) is 5.56 Å². The van der Waals surface area contributed by atoms with Gasteiger partial charge in [-0.3, -0.25) is 9.69 Å². The van der Waals surface area contributed by atoms with E-state index in [1.54, 1.807) is 7.11 Å². The number of nitrogens with one attached hydrogen (secondary N) is 1. The van der Waals surface area contributed by atoms with Crippen molar-refractivity contribution in [1.82, 2.24) is 10.2 Å². The van der Waals surface area contributed by atoms with E-state index < -0.39 is 12.0 Å². The van der Waals surface area contributed by atoms with E-state index in [9.17, 15) is 4.79 Å². The molecule has 1 fully saturated rings. The number of carboxylic acid groups (broad SMARTS) is 1. The minimum atomic E-state index is -0.768. The zero-order chi connectivity index (χ0) is 13.0. The fourth-order valence-electron chi connectivity index (χ4n) is 2.14. The van der Waals surface area contributed by atoms with Gasteiger partial charge in [0.1, 0.15) is 11.8 Å². The molecule has 1 atom stereocenters. The lowest BCUT2D eigenvalue weighted by atomic mass is 10.1. The van der Waals surface area contributed by atoms with Crippen LogP contribution < -0.4 is 10.1 Å². The highest BCUT2D eigenvalue weighted by Crippen LogP contribution is 2.15. The van der Waals surface area contributed by atoms with E-state index in [0.29, 0.717) is 13.1 Å². The van der Waals surface area contributed by atoms with Gasteiger partial charge in [-0.15, -0.1) is 12.4 Å².